The van der Waals surface area contributed by atoms with Crippen LogP contribution in [0.4, 0.5) is 0 Å². The Hall–Kier alpha value is -1.63. The predicted octanol–water partition coefficient (Wildman–Crippen LogP) is 5.04. The van der Waals surface area contributed by atoms with Gasteiger partial charge in [0.1, 0.15) is 0 Å². The summed E-state index contributed by atoms with van der Waals surface area (Å²) >= 11 is 10.2. The first-order chi connectivity index (χ1) is 11.7. The summed E-state index contributed by atoms with van der Waals surface area (Å²) in [5.41, 5.74) is 2.90. The maximum atomic E-state index is 6.53. The second-order valence-corrected chi connectivity index (χ2v) is 6.99. The number of hydrogen-bond acceptors (Lipinski definition) is 3. The van der Waals surface area contributed by atoms with E-state index < -0.39 is 0 Å². The first kappa shape index (κ1) is 15.9. The van der Waals surface area contributed by atoms with Crippen LogP contribution >= 0.6 is 27.5 Å². The molecule has 24 heavy (non-hydrogen) atoms. The van der Waals surface area contributed by atoms with E-state index in [1.165, 1.54) is 0 Å². The summed E-state index contributed by atoms with van der Waals surface area (Å²) in [6.07, 6.45) is 12.6. The zero-order chi connectivity index (χ0) is 16.5. The minimum atomic E-state index is -0.00783. The minimum Gasteiger partial charge on any atom is -0.356 e. The van der Waals surface area contributed by atoms with Gasteiger partial charge in [0.15, 0.2) is 6.23 Å². The molecule has 1 saturated heterocycles. The Morgan fingerprint density at radius 2 is 2.25 bits per heavy atom. The van der Waals surface area contributed by atoms with Gasteiger partial charge < -0.3 is 4.74 Å². The average Bonchev–Trinajstić information content (AvgIpc) is 3.25. The standard InChI is InChI=1S/C17H16BrClN4O/c18-17-12(5-4-11-8-20-21-9-11)14(19)7-15-13(17)10-22-23(15)16-3-1-2-6-24-16/h4-5,7-10,16H,1-3,6H2,(H,20,21)/b5-4-. The Labute approximate surface area is 152 Å². The number of rotatable bonds is 3. The van der Waals surface area contributed by atoms with Gasteiger partial charge in [0, 0.05) is 33.8 Å². The lowest BCUT2D eigenvalue weighted by Crippen LogP contribution is -2.18. The molecule has 124 valence electrons. The number of nitrogens with zero attached hydrogens (tertiary/aromatic N) is 3. The van der Waals surface area contributed by atoms with Crippen LogP contribution in [-0.2, 0) is 4.74 Å². The topological polar surface area (TPSA) is 55.7 Å². The Kier molecular flexibility index (Phi) is 4.43. The molecule has 7 heteroatoms. The molecule has 1 aliphatic heterocycles. The summed E-state index contributed by atoms with van der Waals surface area (Å²) < 4.78 is 8.73. The van der Waals surface area contributed by atoms with Gasteiger partial charge in [-0.05, 0) is 41.3 Å². The van der Waals surface area contributed by atoms with Crippen molar-refractivity contribution >= 4 is 50.6 Å². The lowest BCUT2D eigenvalue weighted by atomic mass is 10.1. The molecular weight excluding hydrogens is 392 g/mol. The monoisotopic (exact) mass is 406 g/mol. The van der Waals surface area contributed by atoms with Crippen molar-refractivity contribution < 1.29 is 4.74 Å². The van der Waals surface area contributed by atoms with Crippen molar-refractivity contribution in [3.05, 3.63) is 45.3 Å². The Morgan fingerprint density at radius 3 is 3.00 bits per heavy atom. The average molecular weight is 408 g/mol. The van der Waals surface area contributed by atoms with E-state index in [2.05, 4.69) is 31.2 Å². The van der Waals surface area contributed by atoms with Crippen LogP contribution in [0.15, 0.2) is 29.1 Å². The van der Waals surface area contributed by atoms with E-state index >= 15 is 0 Å². The van der Waals surface area contributed by atoms with Gasteiger partial charge in [-0.3, -0.25) is 5.10 Å². The van der Waals surface area contributed by atoms with Crippen molar-refractivity contribution in [3.8, 4) is 0 Å². The number of benzene rings is 1. The second-order valence-electron chi connectivity index (χ2n) is 5.79. The third-order valence-electron chi connectivity index (χ3n) is 4.22. The molecule has 0 radical (unpaired) electrons. The summed E-state index contributed by atoms with van der Waals surface area (Å²) in [4.78, 5) is 0. The third kappa shape index (κ3) is 2.90. The second kappa shape index (κ2) is 6.70. The summed E-state index contributed by atoms with van der Waals surface area (Å²) in [5, 5.41) is 13.0. The molecule has 1 fully saturated rings. The van der Waals surface area contributed by atoms with Crippen molar-refractivity contribution in [2.24, 2.45) is 0 Å². The molecule has 2 aromatic heterocycles. The summed E-state index contributed by atoms with van der Waals surface area (Å²) in [5.74, 6) is 0. The van der Waals surface area contributed by atoms with Gasteiger partial charge in [0.2, 0.25) is 0 Å². The molecule has 5 nitrogen and oxygen atoms in total. The van der Waals surface area contributed by atoms with Gasteiger partial charge in [-0.15, -0.1) is 0 Å². The molecule has 0 amide bonds. The number of ether oxygens (including phenoxy) is 1. The summed E-state index contributed by atoms with van der Waals surface area (Å²) in [7, 11) is 0. The molecule has 1 N–H and O–H groups in total. The molecule has 0 aliphatic carbocycles. The van der Waals surface area contributed by atoms with Crippen molar-refractivity contribution in [2.75, 3.05) is 6.61 Å². The van der Waals surface area contributed by atoms with Crippen LogP contribution in [-0.4, -0.2) is 26.6 Å². The lowest BCUT2D eigenvalue weighted by molar-refractivity contribution is -0.0366. The van der Waals surface area contributed by atoms with E-state index in [1.54, 1.807) is 6.20 Å². The van der Waals surface area contributed by atoms with Crippen molar-refractivity contribution in [3.63, 3.8) is 0 Å². The quantitative estimate of drug-likeness (QED) is 0.661. The number of hydrogen-bond donors (Lipinski definition) is 1. The molecule has 0 bridgehead atoms. The van der Waals surface area contributed by atoms with Crippen molar-refractivity contribution in [1.29, 1.82) is 0 Å². The van der Waals surface area contributed by atoms with Crippen molar-refractivity contribution in [2.45, 2.75) is 25.5 Å². The molecule has 1 unspecified atom stereocenters. The zero-order valence-electron chi connectivity index (χ0n) is 12.9. The number of halogens is 2. The predicted molar refractivity (Wildman–Crippen MR) is 98.8 cm³/mol. The Balaban J connectivity index is 1.75. The van der Waals surface area contributed by atoms with E-state index in [4.69, 9.17) is 16.3 Å². The van der Waals surface area contributed by atoms with Crippen LogP contribution in [0.1, 0.15) is 36.6 Å². The molecule has 4 rings (SSSR count). The lowest BCUT2D eigenvalue weighted by Gasteiger charge is -2.23. The zero-order valence-corrected chi connectivity index (χ0v) is 15.2. The fourth-order valence-corrected chi connectivity index (χ4v) is 3.99. The summed E-state index contributed by atoms with van der Waals surface area (Å²) in [6, 6.07) is 1.96. The smallest absolute Gasteiger partial charge is 0.150 e. The van der Waals surface area contributed by atoms with Gasteiger partial charge in [0.25, 0.3) is 0 Å². The minimum absolute atomic E-state index is 0.00783. The highest BCUT2D eigenvalue weighted by Crippen LogP contribution is 2.36. The van der Waals surface area contributed by atoms with Gasteiger partial charge in [-0.1, -0.05) is 23.8 Å². The maximum absolute atomic E-state index is 6.53. The van der Waals surface area contributed by atoms with Crippen molar-refractivity contribution in [1.82, 2.24) is 20.0 Å². The molecule has 1 atom stereocenters. The third-order valence-corrected chi connectivity index (χ3v) is 5.38. The molecule has 3 aromatic rings. The van der Waals surface area contributed by atoms with E-state index in [0.717, 1.165) is 52.4 Å². The Morgan fingerprint density at radius 1 is 1.33 bits per heavy atom. The summed E-state index contributed by atoms with van der Waals surface area (Å²) in [6.45, 7) is 0.784. The van der Waals surface area contributed by atoms with E-state index in [9.17, 15) is 0 Å². The normalized spacial score (nSPS) is 18.7. The fraction of sp³-hybridized carbons (Fsp3) is 0.294. The first-order valence-corrected chi connectivity index (χ1v) is 9.05. The molecular formula is C17H16BrClN4O. The highest BCUT2D eigenvalue weighted by Gasteiger charge is 2.20. The van der Waals surface area contributed by atoms with Crippen LogP contribution in [0, 0.1) is 0 Å². The van der Waals surface area contributed by atoms with Crippen LogP contribution < -0.4 is 0 Å². The molecule has 0 spiro atoms. The SMILES string of the molecule is Clc1cc2c(cnn2C2CCCCO2)c(Br)c1/C=C\c1cn[nH]c1. The van der Waals surface area contributed by atoms with Gasteiger partial charge in [-0.25, -0.2) is 4.68 Å². The van der Waals surface area contributed by atoms with Crippen LogP contribution in [0.5, 0.6) is 0 Å². The van der Waals surface area contributed by atoms with E-state index in [0.29, 0.717) is 5.02 Å². The van der Waals surface area contributed by atoms with E-state index in [1.807, 2.05) is 35.3 Å². The van der Waals surface area contributed by atoms with Crippen LogP contribution in [0.2, 0.25) is 5.02 Å². The highest BCUT2D eigenvalue weighted by atomic mass is 79.9. The molecule has 1 aromatic carbocycles. The molecule has 3 heterocycles. The Bertz CT molecular complexity index is 882. The fourth-order valence-electron chi connectivity index (χ4n) is 2.96. The first-order valence-electron chi connectivity index (χ1n) is 7.88. The van der Waals surface area contributed by atoms with Gasteiger partial charge >= 0.3 is 0 Å². The maximum Gasteiger partial charge on any atom is 0.150 e. The molecule has 0 saturated carbocycles. The van der Waals surface area contributed by atoms with E-state index in [-0.39, 0.29) is 6.23 Å². The number of aromatic amines is 1. The number of nitrogens with one attached hydrogen (secondary N) is 1. The molecule has 1 aliphatic rings. The van der Waals surface area contributed by atoms with Gasteiger partial charge in [-0.2, -0.15) is 10.2 Å². The van der Waals surface area contributed by atoms with Gasteiger partial charge in [0.05, 0.1) is 22.9 Å². The largest absolute Gasteiger partial charge is 0.356 e. The van der Waals surface area contributed by atoms with Crippen LogP contribution in [0.3, 0.4) is 0 Å². The van der Waals surface area contributed by atoms with Crippen LogP contribution in [0.25, 0.3) is 23.1 Å². The number of fused-ring (bicyclic) bond motifs is 1. The number of H-pyrrole nitrogens is 1. The number of aromatic nitrogens is 4. The highest BCUT2D eigenvalue weighted by molar-refractivity contribution is 9.10.